The molecule has 0 aliphatic carbocycles. The van der Waals surface area contributed by atoms with Gasteiger partial charge in [0.2, 0.25) is 0 Å². The van der Waals surface area contributed by atoms with Crippen LogP contribution in [0.5, 0.6) is 0 Å². The number of carboxylic acids is 1. The third-order valence-electron chi connectivity index (χ3n) is 2.40. The molecule has 0 atom stereocenters. The number of carbonyl (C=O) groups is 2. The molecule has 0 unspecified atom stereocenters. The summed E-state index contributed by atoms with van der Waals surface area (Å²) in [6.07, 6.45) is 0.503. The van der Waals surface area contributed by atoms with Crippen molar-refractivity contribution >= 4 is 21.6 Å². The molecule has 0 heterocycles. The van der Waals surface area contributed by atoms with Crippen LogP contribution in [0.1, 0.15) is 28.8 Å². The van der Waals surface area contributed by atoms with Crippen LogP contribution < -0.4 is 0 Å². The molecule has 0 aliphatic heterocycles. The number of aryl methyl sites for hydroxylation is 1. The number of hydrogen-bond donors (Lipinski definition) is 1. The molecule has 1 aromatic carbocycles. The van der Waals surface area contributed by atoms with Crippen molar-refractivity contribution in [2.75, 3.05) is 6.26 Å². The van der Waals surface area contributed by atoms with Crippen molar-refractivity contribution in [1.82, 2.24) is 0 Å². The molecule has 98 valence electrons. The lowest BCUT2D eigenvalue weighted by atomic mass is 10.0. The number of aliphatic carboxylic acids is 1. The molecule has 0 fully saturated rings. The minimum absolute atomic E-state index is 0.0523. The van der Waals surface area contributed by atoms with Crippen LogP contribution in [-0.2, 0) is 14.6 Å². The Morgan fingerprint density at radius 3 is 2.33 bits per heavy atom. The summed E-state index contributed by atoms with van der Waals surface area (Å²) in [6, 6.07) is 4.45. The Bertz CT molecular complexity index is 586. The van der Waals surface area contributed by atoms with E-state index in [0.717, 1.165) is 11.8 Å². The lowest BCUT2D eigenvalue weighted by Gasteiger charge is -2.07. The van der Waals surface area contributed by atoms with Gasteiger partial charge >= 0.3 is 5.97 Å². The van der Waals surface area contributed by atoms with Gasteiger partial charge < -0.3 is 5.11 Å². The zero-order valence-corrected chi connectivity index (χ0v) is 11.0. The molecule has 1 rings (SSSR count). The van der Waals surface area contributed by atoms with Crippen molar-refractivity contribution in [3.8, 4) is 0 Å². The second-order valence-corrected chi connectivity index (χ2v) is 6.07. The maximum Gasteiger partial charge on any atom is 0.303 e. The van der Waals surface area contributed by atoms with Gasteiger partial charge in [0.1, 0.15) is 0 Å². The van der Waals surface area contributed by atoms with Gasteiger partial charge in [-0.1, -0.05) is 11.6 Å². The monoisotopic (exact) mass is 270 g/mol. The van der Waals surface area contributed by atoms with E-state index in [-0.39, 0.29) is 23.3 Å². The first kappa shape index (κ1) is 14.4. The largest absolute Gasteiger partial charge is 0.481 e. The van der Waals surface area contributed by atoms with E-state index < -0.39 is 21.6 Å². The van der Waals surface area contributed by atoms with E-state index in [1.165, 1.54) is 12.1 Å². The van der Waals surface area contributed by atoms with Gasteiger partial charge in [-0.2, -0.15) is 0 Å². The van der Waals surface area contributed by atoms with Crippen LogP contribution in [0.2, 0.25) is 0 Å². The minimum atomic E-state index is -3.50. The van der Waals surface area contributed by atoms with Gasteiger partial charge in [0.15, 0.2) is 15.6 Å². The fourth-order valence-electron chi connectivity index (χ4n) is 1.54. The summed E-state index contributed by atoms with van der Waals surface area (Å²) in [6.45, 7) is 1.74. The first-order chi connectivity index (χ1) is 8.21. The van der Waals surface area contributed by atoms with Crippen LogP contribution >= 0.6 is 0 Å². The van der Waals surface area contributed by atoms with Crippen molar-refractivity contribution < 1.29 is 23.1 Å². The van der Waals surface area contributed by atoms with Crippen molar-refractivity contribution in [3.05, 3.63) is 29.3 Å². The zero-order valence-electron chi connectivity index (χ0n) is 10.1. The Kier molecular flexibility index (Phi) is 4.24. The van der Waals surface area contributed by atoms with Crippen molar-refractivity contribution in [2.45, 2.75) is 24.7 Å². The summed E-state index contributed by atoms with van der Waals surface area (Å²) in [5.41, 5.74) is 0.819. The number of carboxylic acid groups (broad SMARTS) is 1. The van der Waals surface area contributed by atoms with Gasteiger partial charge in [-0.3, -0.25) is 9.59 Å². The van der Waals surface area contributed by atoms with Crippen molar-refractivity contribution in [1.29, 1.82) is 0 Å². The quantitative estimate of drug-likeness (QED) is 0.818. The Morgan fingerprint density at radius 1 is 1.22 bits per heavy atom. The molecule has 0 aliphatic rings. The normalized spacial score (nSPS) is 11.2. The van der Waals surface area contributed by atoms with Crippen molar-refractivity contribution in [2.24, 2.45) is 0 Å². The topological polar surface area (TPSA) is 88.5 Å². The highest BCUT2D eigenvalue weighted by molar-refractivity contribution is 7.90. The van der Waals surface area contributed by atoms with E-state index in [0.29, 0.717) is 0 Å². The van der Waals surface area contributed by atoms with Gasteiger partial charge in [-0.25, -0.2) is 8.42 Å². The average Bonchev–Trinajstić information content (AvgIpc) is 2.23. The van der Waals surface area contributed by atoms with E-state index in [4.69, 9.17) is 5.11 Å². The van der Waals surface area contributed by atoms with Crippen LogP contribution in [0.4, 0.5) is 0 Å². The molecule has 0 spiro atoms. The Morgan fingerprint density at radius 2 is 1.83 bits per heavy atom. The highest BCUT2D eigenvalue weighted by Crippen LogP contribution is 2.19. The molecular formula is C12H14O5S. The number of carbonyl (C=O) groups excluding carboxylic acids is 1. The molecular weight excluding hydrogens is 256 g/mol. The highest BCUT2D eigenvalue weighted by atomic mass is 32.2. The Labute approximate surface area is 105 Å². The van der Waals surface area contributed by atoms with E-state index in [1.807, 2.05) is 0 Å². The lowest BCUT2D eigenvalue weighted by molar-refractivity contribution is -0.136. The van der Waals surface area contributed by atoms with Gasteiger partial charge in [0.25, 0.3) is 0 Å². The number of benzene rings is 1. The summed E-state index contributed by atoms with van der Waals surface area (Å²) >= 11 is 0. The Balaban J connectivity index is 3.18. The van der Waals surface area contributed by atoms with Crippen molar-refractivity contribution in [3.63, 3.8) is 0 Å². The summed E-state index contributed by atoms with van der Waals surface area (Å²) in [5.74, 6) is -1.56. The summed E-state index contributed by atoms with van der Waals surface area (Å²) in [5, 5.41) is 8.52. The smallest absolute Gasteiger partial charge is 0.303 e. The molecule has 0 amide bonds. The summed E-state index contributed by atoms with van der Waals surface area (Å²) in [7, 11) is -3.50. The highest BCUT2D eigenvalue weighted by Gasteiger charge is 2.19. The third kappa shape index (κ3) is 3.66. The van der Waals surface area contributed by atoms with Crippen LogP contribution in [0.25, 0.3) is 0 Å². The van der Waals surface area contributed by atoms with E-state index in [9.17, 15) is 18.0 Å². The number of sulfone groups is 1. The minimum Gasteiger partial charge on any atom is -0.481 e. The predicted molar refractivity (Wildman–Crippen MR) is 65.5 cm³/mol. The fraction of sp³-hybridized carbons (Fsp3) is 0.333. The molecule has 1 aromatic rings. The second kappa shape index (κ2) is 5.30. The van der Waals surface area contributed by atoms with E-state index >= 15 is 0 Å². The van der Waals surface area contributed by atoms with Crippen LogP contribution in [0.15, 0.2) is 23.1 Å². The zero-order chi connectivity index (χ0) is 13.9. The lowest BCUT2D eigenvalue weighted by Crippen LogP contribution is -2.10. The first-order valence-corrected chi connectivity index (χ1v) is 7.16. The molecule has 0 saturated heterocycles. The van der Waals surface area contributed by atoms with Gasteiger partial charge in [-0.05, 0) is 19.1 Å². The molecule has 1 N–H and O–H groups in total. The molecule has 18 heavy (non-hydrogen) atoms. The summed E-state index contributed by atoms with van der Waals surface area (Å²) < 4.78 is 23.1. The Hall–Kier alpha value is -1.69. The maximum atomic E-state index is 11.8. The van der Waals surface area contributed by atoms with Gasteiger partial charge in [0, 0.05) is 18.2 Å². The maximum absolute atomic E-state index is 11.8. The van der Waals surface area contributed by atoms with E-state index in [1.54, 1.807) is 13.0 Å². The summed E-state index contributed by atoms with van der Waals surface area (Å²) in [4.78, 5) is 22.2. The standard InChI is InChI=1S/C12H14O5S/c1-8-3-5-11(18(2,16)17)9(7-8)10(13)4-6-12(14)15/h3,5,7H,4,6H2,1-2H3,(H,14,15). The number of Topliss-reactive ketones (excluding diaryl/α,β-unsaturated/α-hetero) is 1. The molecule has 5 nitrogen and oxygen atoms in total. The second-order valence-electron chi connectivity index (χ2n) is 4.09. The SMILES string of the molecule is Cc1ccc(S(C)(=O)=O)c(C(=O)CCC(=O)O)c1. The fourth-order valence-corrected chi connectivity index (χ4v) is 2.43. The van der Waals surface area contributed by atoms with Gasteiger partial charge in [-0.15, -0.1) is 0 Å². The molecule has 0 saturated carbocycles. The van der Waals surface area contributed by atoms with Crippen LogP contribution in [-0.4, -0.2) is 31.5 Å². The average molecular weight is 270 g/mol. The van der Waals surface area contributed by atoms with E-state index in [2.05, 4.69) is 0 Å². The molecule has 0 aromatic heterocycles. The van der Waals surface area contributed by atoms with Crippen LogP contribution in [0, 0.1) is 6.92 Å². The number of ketones is 1. The molecule has 0 bridgehead atoms. The van der Waals surface area contributed by atoms with Gasteiger partial charge in [0.05, 0.1) is 11.3 Å². The molecule has 0 radical (unpaired) electrons. The third-order valence-corrected chi connectivity index (χ3v) is 3.56. The predicted octanol–water partition coefficient (Wildman–Crippen LogP) is 1.45. The number of rotatable bonds is 5. The van der Waals surface area contributed by atoms with Crippen LogP contribution in [0.3, 0.4) is 0 Å². The first-order valence-electron chi connectivity index (χ1n) is 5.27. The number of hydrogen-bond acceptors (Lipinski definition) is 4. The molecule has 6 heteroatoms.